The van der Waals surface area contributed by atoms with E-state index >= 15 is 0 Å². The lowest BCUT2D eigenvalue weighted by atomic mass is 9.92. The van der Waals surface area contributed by atoms with Crippen molar-refractivity contribution in [3.05, 3.63) is 23.8 Å². The smallest absolute Gasteiger partial charge is 0.187 e. The molecule has 2 rings (SSSR count). The summed E-state index contributed by atoms with van der Waals surface area (Å²) in [6.07, 6.45) is -6.32. The average molecular weight is 333 g/mol. The van der Waals surface area contributed by atoms with Gasteiger partial charge in [-0.05, 0) is 5.57 Å². The van der Waals surface area contributed by atoms with Crippen LogP contribution in [-0.2, 0) is 9.47 Å². The summed E-state index contributed by atoms with van der Waals surface area (Å²) in [6.45, 7) is -0.427. The monoisotopic (exact) mass is 333 g/mol. The molecule has 0 amide bonds. The molecule has 0 spiro atoms. The lowest BCUT2D eigenvalue weighted by Crippen LogP contribution is -2.60. The van der Waals surface area contributed by atoms with E-state index in [1.807, 2.05) is 0 Å². The van der Waals surface area contributed by atoms with Crippen molar-refractivity contribution in [2.45, 2.75) is 49.0 Å². The molecule has 0 bridgehead atoms. The molecule has 1 aliphatic carbocycles. The molecule has 8 atom stereocenters. The second kappa shape index (κ2) is 7.79. The topological polar surface area (TPSA) is 166 Å². The van der Waals surface area contributed by atoms with Crippen molar-refractivity contribution in [1.82, 2.24) is 0 Å². The van der Waals surface area contributed by atoms with Gasteiger partial charge in [-0.15, -0.1) is 0 Å². The summed E-state index contributed by atoms with van der Waals surface area (Å²) < 4.78 is 10.7. The molecule has 0 aromatic rings. The highest BCUT2D eigenvalue weighted by molar-refractivity contribution is 5.30. The Labute approximate surface area is 132 Å². The number of aliphatic hydroxyl groups is 6. The number of rotatable bonds is 4. The van der Waals surface area contributed by atoms with Gasteiger partial charge in [0, 0.05) is 6.54 Å². The molecule has 23 heavy (non-hydrogen) atoms. The van der Waals surface area contributed by atoms with Gasteiger partial charge in [0.25, 0.3) is 0 Å². The van der Waals surface area contributed by atoms with Gasteiger partial charge >= 0.3 is 0 Å². The lowest BCUT2D eigenvalue weighted by Gasteiger charge is -2.42. The molecule has 132 valence electrons. The maximum absolute atomic E-state index is 10.1. The lowest BCUT2D eigenvalue weighted by molar-refractivity contribution is -0.314. The summed E-state index contributed by atoms with van der Waals surface area (Å²) in [6, 6.07) is 0. The van der Waals surface area contributed by atoms with Crippen LogP contribution in [0.15, 0.2) is 23.8 Å². The Kier molecular flexibility index (Phi) is 6.26. The molecule has 1 heterocycles. The van der Waals surface area contributed by atoms with E-state index in [2.05, 4.69) is 0 Å². The van der Waals surface area contributed by atoms with E-state index in [0.717, 1.165) is 0 Å². The van der Waals surface area contributed by atoms with E-state index in [9.17, 15) is 25.5 Å². The Bertz CT molecular complexity index is 454. The van der Waals surface area contributed by atoms with E-state index in [4.69, 9.17) is 20.3 Å². The minimum absolute atomic E-state index is 0.164. The summed E-state index contributed by atoms with van der Waals surface area (Å²) >= 11 is 0. The van der Waals surface area contributed by atoms with Crippen LogP contribution in [0.5, 0.6) is 0 Å². The second-order valence-electron chi connectivity index (χ2n) is 5.53. The van der Waals surface area contributed by atoms with E-state index in [1.54, 1.807) is 6.08 Å². The van der Waals surface area contributed by atoms with Crippen LogP contribution in [0.4, 0.5) is 0 Å². The summed E-state index contributed by atoms with van der Waals surface area (Å²) in [4.78, 5) is 0. The fourth-order valence-electron chi connectivity index (χ4n) is 2.60. The number of aliphatic hydroxyl groups excluding tert-OH is 6. The van der Waals surface area contributed by atoms with E-state index < -0.39 is 55.6 Å². The van der Waals surface area contributed by atoms with Crippen molar-refractivity contribution >= 4 is 0 Å². The summed E-state index contributed by atoms with van der Waals surface area (Å²) in [5.41, 5.74) is 5.92. The van der Waals surface area contributed by atoms with Crippen LogP contribution in [0.1, 0.15) is 0 Å². The third kappa shape index (κ3) is 3.79. The largest absolute Gasteiger partial charge is 0.394 e. The zero-order valence-corrected chi connectivity index (χ0v) is 12.3. The van der Waals surface area contributed by atoms with Crippen molar-refractivity contribution in [1.29, 1.82) is 0 Å². The predicted molar refractivity (Wildman–Crippen MR) is 76.9 cm³/mol. The Balaban J connectivity index is 2.18. The normalized spacial score (nSPS) is 46.3. The predicted octanol–water partition coefficient (Wildman–Crippen LogP) is -3.65. The molecule has 2 aliphatic rings. The minimum Gasteiger partial charge on any atom is -0.394 e. The molecular weight excluding hydrogens is 310 g/mol. The standard InChI is InChI=1S/C14H23NO8/c15-4-3-6-1-2-7(17)9(18)13(6)23-14-12(21)11(20)10(19)8(5-16)22-14/h1-3,7-14,16-21H,4-5,15H2/t7-,8-,9-,10-,11+,12-,13-,14+/m1/s1. The van der Waals surface area contributed by atoms with Gasteiger partial charge in [-0.1, -0.05) is 18.2 Å². The number of ether oxygens (including phenoxy) is 2. The molecule has 0 aromatic heterocycles. The van der Waals surface area contributed by atoms with Crippen molar-refractivity contribution in [3.63, 3.8) is 0 Å². The first-order valence-electron chi connectivity index (χ1n) is 7.31. The molecule has 1 aliphatic heterocycles. The number of nitrogens with two attached hydrogens (primary N) is 1. The summed E-state index contributed by atoms with van der Waals surface area (Å²) in [5.74, 6) is 0. The Morgan fingerprint density at radius 3 is 2.39 bits per heavy atom. The van der Waals surface area contributed by atoms with Crippen LogP contribution >= 0.6 is 0 Å². The van der Waals surface area contributed by atoms with Gasteiger partial charge in [0.1, 0.15) is 42.7 Å². The fourth-order valence-corrected chi connectivity index (χ4v) is 2.60. The highest BCUT2D eigenvalue weighted by Crippen LogP contribution is 2.28. The first-order valence-corrected chi connectivity index (χ1v) is 7.31. The molecule has 0 aromatic carbocycles. The highest BCUT2D eigenvalue weighted by atomic mass is 16.7. The van der Waals surface area contributed by atoms with Gasteiger partial charge in [-0.2, -0.15) is 0 Å². The third-order valence-corrected chi connectivity index (χ3v) is 3.96. The first kappa shape index (κ1) is 18.5. The van der Waals surface area contributed by atoms with Gasteiger partial charge in [0.15, 0.2) is 6.29 Å². The zero-order valence-electron chi connectivity index (χ0n) is 12.3. The molecule has 9 nitrogen and oxygen atoms in total. The quantitative estimate of drug-likeness (QED) is 0.274. The molecule has 1 fully saturated rings. The highest BCUT2D eigenvalue weighted by Gasteiger charge is 2.46. The van der Waals surface area contributed by atoms with Crippen LogP contribution in [0.3, 0.4) is 0 Å². The van der Waals surface area contributed by atoms with E-state index in [-0.39, 0.29) is 6.54 Å². The molecule has 8 N–H and O–H groups in total. The zero-order chi connectivity index (χ0) is 17.1. The first-order chi connectivity index (χ1) is 10.9. The van der Waals surface area contributed by atoms with Gasteiger partial charge in [-0.25, -0.2) is 0 Å². The third-order valence-electron chi connectivity index (χ3n) is 3.96. The molecule has 0 radical (unpaired) electrons. The van der Waals surface area contributed by atoms with Crippen LogP contribution in [0.2, 0.25) is 0 Å². The van der Waals surface area contributed by atoms with Crippen LogP contribution < -0.4 is 5.73 Å². The van der Waals surface area contributed by atoms with Crippen LogP contribution in [-0.4, -0.2) is 92.8 Å². The van der Waals surface area contributed by atoms with Crippen molar-refractivity contribution in [3.8, 4) is 0 Å². The van der Waals surface area contributed by atoms with E-state index in [0.29, 0.717) is 5.57 Å². The van der Waals surface area contributed by atoms with Gasteiger partial charge < -0.3 is 45.8 Å². The fraction of sp³-hybridized carbons (Fsp3) is 0.714. The molecular formula is C14H23NO8. The SMILES string of the molecule is NCC=C1C=C[C@@H](O)[C@@H](O)[C@@H]1O[C@@H]1O[C@H](CO)[C@@H](O)[C@H](O)[C@H]1O. The van der Waals surface area contributed by atoms with Crippen molar-refractivity contribution in [2.24, 2.45) is 5.73 Å². The maximum Gasteiger partial charge on any atom is 0.187 e. The second-order valence-corrected chi connectivity index (χ2v) is 5.53. The van der Waals surface area contributed by atoms with Crippen LogP contribution in [0.25, 0.3) is 0 Å². The van der Waals surface area contributed by atoms with Crippen molar-refractivity contribution < 1.29 is 40.1 Å². The van der Waals surface area contributed by atoms with Gasteiger partial charge in [0.05, 0.1) is 6.61 Å². The molecule has 9 heteroatoms. The Morgan fingerprint density at radius 1 is 1.09 bits per heavy atom. The summed E-state index contributed by atoms with van der Waals surface area (Å²) in [5, 5.41) is 58.4. The minimum atomic E-state index is -1.60. The average Bonchev–Trinajstić information content (AvgIpc) is 2.54. The van der Waals surface area contributed by atoms with Gasteiger partial charge in [-0.3, -0.25) is 0 Å². The summed E-state index contributed by atoms with van der Waals surface area (Å²) in [7, 11) is 0. The number of hydrogen-bond acceptors (Lipinski definition) is 9. The van der Waals surface area contributed by atoms with Crippen molar-refractivity contribution in [2.75, 3.05) is 13.2 Å². The molecule has 0 unspecified atom stereocenters. The maximum atomic E-state index is 10.1. The Hall–Kier alpha value is -0.880. The molecule has 0 saturated carbocycles. The van der Waals surface area contributed by atoms with Gasteiger partial charge in [0.2, 0.25) is 0 Å². The number of hydrogen-bond donors (Lipinski definition) is 7. The molecule has 1 saturated heterocycles. The van der Waals surface area contributed by atoms with Crippen LogP contribution in [0, 0.1) is 0 Å². The Morgan fingerprint density at radius 2 is 1.78 bits per heavy atom. The van der Waals surface area contributed by atoms with E-state index in [1.165, 1.54) is 12.2 Å².